The van der Waals surface area contributed by atoms with Crippen molar-refractivity contribution in [3.8, 4) is 0 Å². The highest BCUT2D eigenvalue weighted by Gasteiger charge is 2.27. The molecule has 2 fully saturated rings. The van der Waals surface area contributed by atoms with Crippen molar-refractivity contribution >= 4 is 29.0 Å². The molecule has 2 heterocycles. The zero-order valence-electron chi connectivity index (χ0n) is 25.6. The van der Waals surface area contributed by atoms with E-state index in [-0.39, 0.29) is 29.6 Å². The lowest BCUT2D eigenvalue weighted by molar-refractivity contribution is 0.0736. The molecule has 8 nitrogen and oxygen atoms in total. The van der Waals surface area contributed by atoms with E-state index in [1.54, 1.807) is 36.4 Å². The van der Waals surface area contributed by atoms with Gasteiger partial charge in [-0.3, -0.25) is 9.69 Å². The zero-order valence-corrected chi connectivity index (χ0v) is 25.6. The van der Waals surface area contributed by atoms with Crippen LogP contribution in [0.2, 0.25) is 0 Å². The van der Waals surface area contributed by atoms with Crippen molar-refractivity contribution in [3.63, 3.8) is 0 Å². The van der Waals surface area contributed by atoms with Crippen molar-refractivity contribution in [2.45, 2.75) is 12.5 Å². The molecule has 0 atom stereocenters. The topological polar surface area (TPSA) is 79.9 Å². The fraction of sp³-hybridized carbons (Fsp3) is 0.278. The summed E-state index contributed by atoms with van der Waals surface area (Å²) in [5.74, 6) is -0.655. The Morgan fingerprint density at radius 3 is 2.00 bits per heavy atom. The molecular formula is C36H38F2N6O2. The van der Waals surface area contributed by atoms with Gasteiger partial charge in [-0.2, -0.15) is 0 Å². The molecule has 0 unspecified atom stereocenters. The Kier molecular flexibility index (Phi) is 9.85. The highest BCUT2D eigenvalue weighted by molar-refractivity contribution is 6.03. The van der Waals surface area contributed by atoms with Crippen molar-refractivity contribution < 1.29 is 18.4 Å². The summed E-state index contributed by atoms with van der Waals surface area (Å²) < 4.78 is 27.8. The van der Waals surface area contributed by atoms with Crippen LogP contribution in [-0.4, -0.2) is 74.1 Å². The van der Waals surface area contributed by atoms with Crippen molar-refractivity contribution in [3.05, 3.63) is 125 Å². The van der Waals surface area contributed by atoms with Gasteiger partial charge in [0.05, 0.1) is 17.4 Å². The Morgan fingerprint density at radius 1 is 0.696 bits per heavy atom. The second-order valence-electron chi connectivity index (χ2n) is 11.6. The molecule has 10 heteroatoms. The number of piperazine rings is 1. The van der Waals surface area contributed by atoms with Crippen molar-refractivity contribution in [2.24, 2.45) is 0 Å². The lowest BCUT2D eigenvalue weighted by Gasteiger charge is -2.32. The molecule has 0 bridgehead atoms. The summed E-state index contributed by atoms with van der Waals surface area (Å²) in [4.78, 5) is 33.0. The smallest absolute Gasteiger partial charge is 0.323 e. The second kappa shape index (κ2) is 14.5. The number of para-hydroxylation sites is 1. The van der Waals surface area contributed by atoms with E-state index in [2.05, 4.69) is 25.8 Å². The maximum absolute atomic E-state index is 13.9. The quantitative estimate of drug-likeness (QED) is 0.237. The van der Waals surface area contributed by atoms with E-state index < -0.39 is 0 Å². The first-order valence-corrected chi connectivity index (χ1v) is 15.7. The van der Waals surface area contributed by atoms with Crippen LogP contribution >= 0.6 is 0 Å². The molecule has 238 valence electrons. The van der Waals surface area contributed by atoms with Gasteiger partial charge < -0.3 is 25.8 Å². The number of carbonyl (C=O) groups is 2. The average molecular weight is 625 g/mol. The first kappa shape index (κ1) is 31.2. The third-order valence-corrected chi connectivity index (χ3v) is 8.54. The predicted octanol–water partition coefficient (Wildman–Crippen LogP) is 5.96. The Labute approximate surface area is 268 Å². The lowest BCUT2D eigenvalue weighted by Crippen LogP contribution is -2.46. The molecule has 3 N–H and O–H groups in total. The first-order valence-electron chi connectivity index (χ1n) is 15.7. The number of rotatable bonds is 7. The van der Waals surface area contributed by atoms with Gasteiger partial charge in [0.25, 0.3) is 5.91 Å². The average Bonchev–Trinajstić information content (AvgIpc) is 3.33. The molecule has 0 saturated carbocycles. The number of carbonyl (C=O) groups excluding carboxylic acids is 2. The molecule has 0 aliphatic carbocycles. The Bertz CT molecular complexity index is 1580. The van der Waals surface area contributed by atoms with Gasteiger partial charge in [-0.05, 0) is 72.1 Å². The van der Waals surface area contributed by atoms with Gasteiger partial charge in [0.1, 0.15) is 11.6 Å². The van der Waals surface area contributed by atoms with E-state index in [9.17, 15) is 18.4 Å². The summed E-state index contributed by atoms with van der Waals surface area (Å²) in [7, 11) is 0. The molecule has 6 rings (SSSR count). The molecule has 0 spiro atoms. The fourth-order valence-corrected chi connectivity index (χ4v) is 6.23. The number of halogens is 2. The molecule has 0 aromatic heterocycles. The molecule has 2 saturated heterocycles. The number of nitrogens with zero attached hydrogens (tertiary/aromatic N) is 3. The van der Waals surface area contributed by atoms with Crippen molar-refractivity contribution in [1.29, 1.82) is 0 Å². The van der Waals surface area contributed by atoms with Crippen molar-refractivity contribution in [2.75, 3.05) is 67.9 Å². The Morgan fingerprint density at radius 2 is 1.35 bits per heavy atom. The molecule has 4 aromatic rings. The van der Waals surface area contributed by atoms with E-state index in [0.29, 0.717) is 49.7 Å². The Balaban J connectivity index is 1.27. The van der Waals surface area contributed by atoms with Crippen LogP contribution in [0.5, 0.6) is 0 Å². The summed E-state index contributed by atoms with van der Waals surface area (Å²) in [6.07, 6.45) is 0.796. The minimum absolute atomic E-state index is 0.0350. The monoisotopic (exact) mass is 624 g/mol. The summed E-state index contributed by atoms with van der Waals surface area (Å²) >= 11 is 0. The van der Waals surface area contributed by atoms with Crippen LogP contribution in [0.15, 0.2) is 97.1 Å². The third kappa shape index (κ3) is 7.52. The molecule has 4 aromatic carbocycles. The van der Waals surface area contributed by atoms with Crippen LogP contribution in [0.3, 0.4) is 0 Å². The maximum Gasteiger partial charge on any atom is 0.323 e. The maximum atomic E-state index is 13.9. The SMILES string of the molecule is O=C(Nc1ccccc1)Nc1ccc(C(=O)N2CCNCC2)cc1N1CCCN(C(c2ccc(F)cc2)c2ccc(F)cc2)CC1. The number of urea groups is 1. The second-order valence-corrected chi connectivity index (χ2v) is 11.6. The number of benzene rings is 4. The first-order chi connectivity index (χ1) is 22.4. The largest absolute Gasteiger partial charge is 0.369 e. The molecule has 2 aliphatic heterocycles. The fourth-order valence-electron chi connectivity index (χ4n) is 6.23. The van der Waals surface area contributed by atoms with Crippen LogP contribution in [-0.2, 0) is 0 Å². The normalized spacial score (nSPS) is 15.8. The van der Waals surface area contributed by atoms with Gasteiger partial charge in [0.2, 0.25) is 0 Å². The van der Waals surface area contributed by atoms with E-state index in [4.69, 9.17) is 0 Å². The van der Waals surface area contributed by atoms with Gasteiger partial charge >= 0.3 is 6.03 Å². The van der Waals surface area contributed by atoms with Crippen molar-refractivity contribution in [1.82, 2.24) is 15.1 Å². The molecular weight excluding hydrogens is 586 g/mol. The third-order valence-electron chi connectivity index (χ3n) is 8.54. The predicted molar refractivity (Wildman–Crippen MR) is 177 cm³/mol. The van der Waals surface area contributed by atoms with Gasteiger partial charge in [0, 0.05) is 63.6 Å². The van der Waals surface area contributed by atoms with E-state index >= 15 is 0 Å². The summed E-state index contributed by atoms with van der Waals surface area (Å²) in [6.45, 7) is 5.47. The van der Waals surface area contributed by atoms with Crippen LogP contribution in [0, 0.1) is 11.6 Å². The van der Waals surface area contributed by atoms with E-state index in [1.165, 1.54) is 24.3 Å². The minimum atomic E-state index is -0.377. The van der Waals surface area contributed by atoms with Crippen LogP contribution in [0.4, 0.5) is 30.6 Å². The van der Waals surface area contributed by atoms with E-state index in [1.807, 2.05) is 41.3 Å². The molecule has 0 radical (unpaired) electrons. The van der Waals surface area contributed by atoms with Gasteiger partial charge in [-0.15, -0.1) is 0 Å². The standard InChI is InChI=1S/C36H38F2N6O2/c37-29-12-7-26(8-13-29)34(27-9-14-30(38)15-10-27)43-20-4-19-42(23-24-43)33-25-28(35(45)44-21-17-39-18-22-44)11-16-32(33)41-36(46)40-31-5-2-1-3-6-31/h1-3,5-16,25,34,39H,4,17-24H2,(H2,40,41,46). The minimum Gasteiger partial charge on any atom is -0.369 e. The number of nitrogens with one attached hydrogen (secondary N) is 3. The Hall–Kier alpha value is -4.80. The van der Waals surface area contributed by atoms with E-state index in [0.717, 1.165) is 42.9 Å². The summed E-state index contributed by atoms with van der Waals surface area (Å²) in [5.41, 5.74) is 4.46. The van der Waals surface area contributed by atoms with Gasteiger partial charge in [-0.1, -0.05) is 42.5 Å². The van der Waals surface area contributed by atoms with Crippen LogP contribution in [0.25, 0.3) is 0 Å². The molecule has 46 heavy (non-hydrogen) atoms. The number of hydrogen-bond donors (Lipinski definition) is 3. The zero-order chi connectivity index (χ0) is 31.9. The van der Waals surface area contributed by atoms with Gasteiger partial charge in [-0.25, -0.2) is 13.6 Å². The number of amides is 3. The van der Waals surface area contributed by atoms with Crippen LogP contribution in [0.1, 0.15) is 33.9 Å². The highest BCUT2D eigenvalue weighted by Crippen LogP contribution is 2.33. The lowest BCUT2D eigenvalue weighted by atomic mass is 9.96. The highest BCUT2D eigenvalue weighted by atomic mass is 19.1. The molecule has 3 amide bonds. The van der Waals surface area contributed by atoms with Crippen LogP contribution < -0.4 is 20.9 Å². The van der Waals surface area contributed by atoms with Gasteiger partial charge in [0.15, 0.2) is 0 Å². The number of anilines is 3. The summed E-state index contributed by atoms with van der Waals surface area (Å²) in [6, 6.07) is 27.1. The number of hydrogen-bond acceptors (Lipinski definition) is 5. The molecule has 2 aliphatic rings. The summed E-state index contributed by atoms with van der Waals surface area (Å²) in [5, 5.41) is 9.17.